The largest absolute Gasteiger partial charge is 0.493 e. The number of ether oxygens (including phenoxy) is 5. The lowest BCUT2D eigenvalue weighted by Gasteiger charge is -2.21. The van der Waals surface area contributed by atoms with Crippen LogP contribution in [0.25, 0.3) is 10.9 Å². The summed E-state index contributed by atoms with van der Waals surface area (Å²) in [5.41, 5.74) is 0.280. The standard InChI is InChI=1S/C29H31BrN4O9/c1-29(27(37)42-7)25(35)20-19-14(11-30)12-34(16(19)10-17(22(20)32-29)43-28(38)33(2)3)26(36)15-8-13-9-18(39-4)23(40-5)24(41-6)21(13)31-15/h8-10,14,31-32H,11-12H2,1-7H3/t14-,29-/m1/s1. The number of hydrogen-bond donors (Lipinski definition) is 2. The lowest BCUT2D eigenvalue weighted by Crippen LogP contribution is -2.47. The number of alkyl halides is 1. The van der Waals surface area contributed by atoms with Crippen molar-refractivity contribution in [3.63, 3.8) is 0 Å². The maximum atomic E-state index is 14.1. The molecule has 3 aromatic rings. The van der Waals surface area contributed by atoms with Gasteiger partial charge in [-0.2, -0.15) is 0 Å². The van der Waals surface area contributed by atoms with Crippen molar-refractivity contribution in [3.05, 3.63) is 35.0 Å². The highest BCUT2D eigenvalue weighted by molar-refractivity contribution is 9.09. The van der Waals surface area contributed by atoms with E-state index in [1.165, 1.54) is 65.3 Å². The van der Waals surface area contributed by atoms with Gasteiger partial charge in [-0.15, -0.1) is 0 Å². The number of rotatable bonds is 7. The smallest absolute Gasteiger partial charge is 0.414 e. The van der Waals surface area contributed by atoms with Gasteiger partial charge in [-0.1, -0.05) is 15.9 Å². The van der Waals surface area contributed by atoms with Crippen LogP contribution in [-0.2, 0) is 9.53 Å². The molecule has 0 unspecified atom stereocenters. The van der Waals surface area contributed by atoms with Crippen LogP contribution in [0.3, 0.4) is 0 Å². The average molecular weight is 659 g/mol. The first-order valence-corrected chi connectivity index (χ1v) is 14.3. The van der Waals surface area contributed by atoms with Gasteiger partial charge in [0.05, 0.1) is 50.9 Å². The van der Waals surface area contributed by atoms with E-state index >= 15 is 0 Å². The Morgan fingerprint density at radius 1 is 1.05 bits per heavy atom. The summed E-state index contributed by atoms with van der Waals surface area (Å²) < 4.78 is 27.1. The van der Waals surface area contributed by atoms with Crippen LogP contribution in [0.1, 0.15) is 39.3 Å². The number of ketones is 1. The molecule has 2 amide bonds. The SMILES string of the molecule is COC(=O)[C@]1(C)Nc2c(OC(=O)N(C)C)cc3c(c2C1=O)[C@H](CBr)CN3C(=O)c1cc2cc(OC)c(OC)c(OC)c2[nH]1. The van der Waals surface area contributed by atoms with Crippen molar-refractivity contribution < 1.29 is 42.9 Å². The van der Waals surface area contributed by atoms with Crippen LogP contribution in [0.15, 0.2) is 18.2 Å². The van der Waals surface area contributed by atoms with Crippen LogP contribution >= 0.6 is 15.9 Å². The van der Waals surface area contributed by atoms with Crippen molar-refractivity contribution in [2.45, 2.75) is 18.4 Å². The minimum atomic E-state index is -1.76. The molecule has 0 aliphatic carbocycles. The summed E-state index contributed by atoms with van der Waals surface area (Å²) in [6.45, 7) is 1.62. The normalized spacial score (nSPS) is 18.6. The first-order valence-electron chi connectivity index (χ1n) is 13.2. The minimum absolute atomic E-state index is 0.00533. The average Bonchev–Trinajstić information content (AvgIpc) is 3.67. The maximum Gasteiger partial charge on any atom is 0.414 e. The van der Waals surface area contributed by atoms with E-state index in [4.69, 9.17) is 23.7 Å². The third kappa shape index (κ3) is 4.51. The van der Waals surface area contributed by atoms with E-state index in [-0.39, 0.29) is 35.2 Å². The van der Waals surface area contributed by atoms with Crippen molar-refractivity contribution in [1.29, 1.82) is 0 Å². The number of Topliss-reactive ketones (excluding diaryl/α,β-unsaturated/α-hetero) is 1. The number of nitrogens with one attached hydrogen (secondary N) is 2. The topological polar surface area (TPSA) is 149 Å². The molecule has 1 aromatic heterocycles. The Morgan fingerprint density at radius 2 is 1.74 bits per heavy atom. The van der Waals surface area contributed by atoms with Crippen LogP contribution in [0.4, 0.5) is 16.2 Å². The molecule has 0 saturated carbocycles. The van der Waals surface area contributed by atoms with E-state index in [0.717, 1.165) is 0 Å². The number of aromatic amines is 1. The first-order chi connectivity index (χ1) is 20.4. The molecule has 43 heavy (non-hydrogen) atoms. The lowest BCUT2D eigenvalue weighted by molar-refractivity contribution is -0.143. The number of H-pyrrole nitrogens is 1. The zero-order valence-corrected chi connectivity index (χ0v) is 26.3. The lowest BCUT2D eigenvalue weighted by atomic mass is 9.89. The van der Waals surface area contributed by atoms with Gasteiger partial charge in [0.15, 0.2) is 22.8 Å². The number of benzene rings is 2. The summed E-state index contributed by atoms with van der Waals surface area (Å²) in [4.78, 5) is 59.3. The summed E-state index contributed by atoms with van der Waals surface area (Å²) in [6.07, 6.45) is -0.707. The van der Waals surface area contributed by atoms with Crippen molar-refractivity contribution in [1.82, 2.24) is 9.88 Å². The third-order valence-corrected chi connectivity index (χ3v) is 8.49. The van der Waals surface area contributed by atoms with Crippen LogP contribution in [-0.4, -0.2) is 93.6 Å². The van der Waals surface area contributed by atoms with Crippen molar-refractivity contribution in [3.8, 4) is 23.0 Å². The predicted molar refractivity (Wildman–Crippen MR) is 161 cm³/mol. The van der Waals surface area contributed by atoms with Gasteiger partial charge >= 0.3 is 12.1 Å². The number of anilines is 2. The molecule has 0 radical (unpaired) electrons. The molecule has 3 heterocycles. The first kappa shape index (κ1) is 30.0. The van der Waals surface area contributed by atoms with Crippen molar-refractivity contribution in [2.75, 3.05) is 64.6 Å². The highest BCUT2D eigenvalue weighted by Crippen LogP contribution is 2.52. The molecule has 14 heteroatoms. The Balaban J connectivity index is 1.68. The van der Waals surface area contributed by atoms with E-state index in [1.54, 1.807) is 12.1 Å². The number of carbonyl (C=O) groups excluding carboxylic acids is 4. The van der Waals surface area contributed by atoms with E-state index in [1.807, 2.05) is 0 Å². The summed E-state index contributed by atoms with van der Waals surface area (Å²) in [5, 5.41) is 4.00. The molecule has 0 fully saturated rings. The molecule has 5 rings (SSSR count). The number of esters is 1. The highest BCUT2D eigenvalue weighted by Gasteiger charge is 2.53. The van der Waals surface area contributed by atoms with Crippen molar-refractivity contribution in [2.24, 2.45) is 0 Å². The molecule has 2 atom stereocenters. The van der Waals surface area contributed by atoms with Gasteiger partial charge in [0.25, 0.3) is 5.91 Å². The van der Waals surface area contributed by atoms with E-state index in [2.05, 4.69) is 26.2 Å². The molecule has 13 nitrogen and oxygen atoms in total. The zero-order valence-electron chi connectivity index (χ0n) is 24.7. The number of carbonyl (C=O) groups is 4. The number of fused-ring (bicyclic) bond motifs is 4. The van der Waals surface area contributed by atoms with Gasteiger partial charge in [0, 0.05) is 43.3 Å². The van der Waals surface area contributed by atoms with Gasteiger partial charge in [-0.25, -0.2) is 9.59 Å². The second-order valence-corrected chi connectivity index (χ2v) is 11.1. The molecule has 2 aliphatic heterocycles. The molecule has 2 aliphatic rings. The van der Waals surface area contributed by atoms with E-state index in [0.29, 0.717) is 44.7 Å². The summed E-state index contributed by atoms with van der Waals surface area (Å²) in [6, 6.07) is 4.94. The van der Waals surface area contributed by atoms with Gasteiger partial charge in [0.1, 0.15) is 5.69 Å². The van der Waals surface area contributed by atoms with Crippen LogP contribution in [0.2, 0.25) is 0 Å². The Morgan fingerprint density at radius 3 is 2.33 bits per heavy atom. The molecule has 2 aromatic carbocycles. The minimum Gasteiger partial charge on any atom is -0.493 e. The Hall–Kier alpha value is -4.46. The molecular formula is C29H31BrN4O9. The fraction of sp³-hybridized carbons (Fsp3) is 0.379. The molecule has 228 valence electrons. The van der Waals surface area contributed by atoms with Gasteiger partial charge in [-0.3, -0.25) is 9.59 Å². The molecular weight excluding hydrogens is 628 g/mol. The monoisotopic (exact) mass is 658 g/mol. The highest BCUT2D eigenvalue weighted by atomic mass is 79.9. The molecule has 0 saturated heterocycles. The number of amides is 2. The maximum absolute atomic E-state index is 14.1. The molecule has 0 bridgehead atoms. The Bertz CT molecular complexity index is 1680. The Kier molecular flexibility index (Phi) is 7.67. The zero-order chi connectivity index (χ0) is 31.4. The third-order valence-electron chi connectivity index (χ3n) is 7.71. The number of nitrogens with zero attached hydrogens (tertiary/aromatic N) is 2. The molecule has 2 N–H and O–H groups in total. The second kappa shape index (κ2) is 11.0. The second-order valence-electron chi connectivity index (χ2n) is 10.5. The summed E-state index contributed by atoms with van der Waals surface area (Å²) >= 11 is 3.53. The molecule has 0 spiro atoms. The number of hydrogen-bond acceptors (Lipinski definition) is 10. The van der Waals surface area contributed by atoms with Gasteiger partial charge in [-0.05, 0) is 24.6 Å². The predicted octanol–water partition coefficient (Wildman–Crippen LogP) is 3.93. The quantitative estimate of drug-likeness (QED) is 0.217. The van der Waals surface area contributed by atoms with E-state index < -0.39 is 29.3 Å². The summed E-state index contributed by atoms with van der Waals surface area (Å²) in [7, 11) is 8.69. The van der Waals surface area contributed by atoms with Crippen molar-refractivity contribution >= 4 is 62.0 Å². The number of aromatic nitrogens is 1. The number of methoxy groups -OCH3 is 4. The van der Waals surface area contributed by atoms with Gasteiger partial charge in [0.2, 0.25) is 11.5 Å². The summed E-state index contributed by atoms with van der Waals surface area (Å²) in [5.74, 6) is -0.921. The van der Waals surface area contributed by atoms with Crippen LogP contribution in [0, 0.1) is 0 Å². The van der Waals surface area contributed by atoms with Gasteiger partial charge < -0.3 is 43.8 Å². The Labute approximate surface area is 255 Å². The van der Waals surface area contributed by atoms with Crippen LogP contribution < -0.4 is 29.2 Å². The van der Waals surface area contributed by atoms with E-state index in [9.17, 15) is 19.2 Å². The fourth-order valence-electron chi connectivity index (χ4n) is 5.56. The number of halogens is 1. The van der Waals surface area contributed by atoms with Crippen LogP contribution in [0.5, 0.6) is 23.0 Å². The fourth-order valence-corrected chi connectivity index (χ4v) is 6.09.